The quantitative estimate of drug-likeness (QED) is 0.0261. The van der Waals surface area contributed by atoms with Crippen molar-refractivity contribution >= 4 is 17.9 Å². The zero-order chi connectivity index (χ0) is 59.9. The first kappa shape index (κ1) is 78.5. The highest BCUT2D eigenvalue weighted by atomic mass is 16.6. The molecule has 0 amide bonds. The number of carbonyl (C=O) groups is 3. The van der Waals surface area contributed by atoms with Gasteiger partial charge in [0.25, 0.3) is 0 Å². The minimum absolute atomic E-state index is 0.111. The zero-order valence-corrected chi connectivity index (χ0v) is 54.2. The van der Waals surface area contributed by atoms with Crippen LogP contribution in [-0.2, 0) is 28.6 Å². The van der Waals surface area contributed by atoms with Gasteiger partial charge >= 0.3 is 17.9 Å². The maximum Gasteiger partial charge on any atom is 0.306 e. The number of hydrogen-bond donors (Lipinski definition) is 0. The minimum Gasteiger partial charge on any atom is -0.462 e. The van der Waals surface area contributed by atoms with Gasteiger partial charge in [0.15, 0.2) is 6.10 Å². The summed E-state index contributed by atoms with van der Waals surface area (Å²) in [6.45, 7) is 6.32. The van der Waals surface area contributed by atoms with E-state index in [4.69, 9.17) is 14.2 Å². The van der Waals surface area contributed by atoms with Crippen LogP contribution in [0.2, 0.25) is 0 Å². The van der Waals surface area contributed by atoms with Crippen LogP contribution in [0.4, 0.5) is 0 Å². The molecule has 0 heterocycles. The Morgan fingerprint density at radius 1 is 0.253 bits per heavy atom. The van der Waals surface area contributed by atoms with Crippen LogP contribution in [0.25, 0.3) is 0 Å². The summed E-state index contributed by atoms with van der Waals surface area (Å²) < 4.78 is 16.8. The van der Waals surface area contributed by atoms with E-state index in [0.717, 1.165) is 116 Å². The van der Waals surface area contributed by atoms with Gasteiger partial charge in [-0.25, -0.2) is 0 Å². The van der Waals surface area contributed by atoms with Crippen molar-refractivity contribution in [2.24, 2.45) is 0 Å². The molecule has 0 radical (unpaired) electrons. The van der Waals surface area contributed by atoms with Crippen LogP contribution in [0.5, 0.6) is 0 Å². The molecular weight excluding hydrogens is 1020 g/mol. The van der Waals surface area contributed by atoms with Crippen molar-refractivity contribution in [1.82, 2.24) is 0 Å². The first-order valence-electron chi connectivity index (χ1n) is 34.7. The number of rotatable bonds is 62. The van der Waals surface area contributed by atoms with Crippen LogP contribution in [0.3, 0.4) is 0 Å². The molecule has 0 fully saturated rings. The molecule has 0 saturated heterocycles. The van der Waals surface area contributed by atoms with Crippen LogP contribution < -0.4 is 0 Å². The maximum atomic E-state index is 12.9. The summed E-state index contributed by atoms with van der Waals surface area (Å²) in [5.41, 5.74) is 0. The Morgan fingerprint density at radius 3 is 0.795 bits per heavy atom. The molecule has 0 bridgehead atoms. The first-order chi connectivity index (χ1) is 41.0. The molecule has 0 aromatic heterocycles. The van der Waals surface area contributed by atoms with Gasteiger partial charge in [0.05, 0.1) is 0 Å². The average molecular weight is 1150 g/mol. The van der Waals surface area contributed by atoms with E-state index < -0.39 is 12.1 Å². The fraction of sp³-hybridized carbons (Fsp3) is 0.675. The van der Waals surface area contributed by atoms with E-state index in [0.29, 0.717) is 19.3 Å². The molecule has 0 aromatic carbocycles. The number of unbranched alkanes of at least 4 members (excludes halogenated alkanes) is 29. The minimum atomic E-state index is -0.824. The van der Waals surface area contributed by atoms with E-state index in [9.17, 15) is 14.4 Å². The summed E-state index contributed by atoms with van der Waals surface area (Å²) in [5.74, 6) is -0.999. The van der Waals surface area contributed by atoms with Crippen LogP contribution in [0.1, 0.15) is 316 Å². The van der Waals surface area contributed by atoms with Crippen molar-refractivity contribution in [2.75, 3.05) is 13.2 Å². The molecule has 1 unspecified atom stereocenters. The van der Waals surface area contributed by atoms with E-state index in [1.807, 2.05) is 6.08 Å². The molecule has 6 heteroatoms. The lowest BCUT2D eigenvalue weighted by atomic mass is 10.0. The van der Waals surface area contributed by atoms with Crippen LogP contribution in [0.15, 0.2) is 134 Å². The Morgan fingerprint density at radius 2 is 0.494 bits per heavy atom. The molecule has 472 valence electrons. The highest BCUT2D eigenvalue weighted by Crippen LogP contribution is 2.17. The number of hydrogen-bond acceptors (Lipinski definition) is 6. The number of esters is 3. The predicted octanol–water partition coefficient (Wildman–Crippen LogP) is 24.1. The predicted molar refractivity (Wildman–Crippen MR) is 362 cm³/mol. The molecule has 1 atom stereocenters. The Balaban J connectivity index is 4.17. The Hall–Kier alpha value is -4.45. The van der Waals surface area contributed by atoms with Crippen molar-refractivity contribution in [3.05, 3.63) is 134 Å². The second-order valence-corrected chi connectivity index (χ2v) is 22.7. The molecule has 0 aliphatic heterocycles. The second-order valence-electron chi connectivity index (χ2n) is 22.7. The van der Waals surface area contributed by atoms with E-state index in [1.165, 1.54) is 154 Å². The molecule has 0 N–H and O–H groups in total. The summed E-state index contributed by atoms with van der Waals surface area (Å²) in [7, 11) is 0. The maximum absolute atomic E-state index is 12.9. The summed E-state index contributed by atoms with van der Waals surface area (Å²) in [6.07, 6.45) is 99.4. The average Bonchev–Trinajstić information content (AvgIpc) is 3.48. The topological polar surface area (TPSA) is 78.9 Å². The smallest absolute Gasteiger partial charge is 0.306 e. The number of ether oxygens (including phenoxy) is 3. The van der Waals surface area contributed by atoms with Crippen molar-refractivity contribution < 1.29 is 28.6 Å². The highest BCUT2D eigenvalue weighted by Gasteiger charge is 2.19. The summed E-state index contributed by atoms with van der Waals surface area (Å²) in [6, 6.07) is 0. The molecule has 0 aliphatic rings. The van der Waals surface area contributed by atoms with Gasteiger partial charge in [0, 0.05) is 19.3 Å². The summed E-state index contributed by atoms with van der Waals surface area (Å²) in [4.78, 5) is 38.2. The van der Waals surface area contributed by atoms with Crippen molar-refractivity contribution in [3.63, 3.8) is 0 Å². The Bertz CT molecular complexity index is 1750. The van der Waals surface area contributed by atoms with E-state index >= 15 is 0 Å². The zero-order valence-electron chi connectivity index (χ0n) is 54.2. The summed E-state index contributed by atoms with van der Waals surface area (Å²) in [5, 5.41) is 0. The highest BCUT2D eigenvalue weighted by molar-refractivity contribution is 5.71. The van der Waals surface area contributed by atoms with Gasteiger partial charge < -0.3 is 14.2 Å². The van der Waals surface area contributed by atoms with Crippen molar-refractivity contribution in [3.8, 4) is 0 Å². The monoisotopic (exact) mass is 1150 g/mol. The first-order valence-corrected chi connectivity index (χ1v) is 34.7. The van der Waals surface area contributed by atoms with Crippen molar-refractivity contribution in [2.45, 2.75) is 322 Å². The SMILES string of the molecule is CC/C=C\C/C=C\C/C=C\C/C=C\C/C=C\C/C=C\CCC(=O)OC(COC(=O)CCCCCCC/C=C\CCCC)COC(=O)CCCCCCCCCCCCCCCCCCCCCCCC/C=C\C/C=C\C/C=C\C/C=C\CC. The molecule has 0 saturated carbocycles. The lowest BCUT2D eigenvalue weighted by Crippen LogP contribution is -2.30. The molecule has 0 spiro atoms. The van der Waals surface area contributed by atoms with E-state index in [-0.39, 0.29) is 31.6 Å². The van der Waals surface area contributed by atoms with Gasteiger partial charge in [0.1, 0.15) is 13.2 Å². The molecule has 0 aliphatic carbocycles. The Labute approximate surface area is 513 Å². The van der Waals surface area contributed by atoms with Crippen LogP contribution in [0, 0.1) is 0 Å². The van der Waals surface area contributed by atoms with Gasteiger partial charge in [-0.05, 0) is 116 Å². The number of carbonyl (C=O) groups excluding carboxylic acids is 3. The molecule has 6 nitrogen and oxygen atoms in total. The fourth-order valence-corrected chi connectivity index (χ4v) is 9.50. The largest absolute Gasteiger partial charge is 0.462 e. The lowest BCUT2D eigenvalue weighted by Gasteiger charge is -2.18. The third kappa shape index (κ3) is 68.2. The molecule has 83 heavy (non-hydrogen) atoms. The second kappa shape index (κ2) is 70.0. The van der Waals surface area contributed by atoms with E-state index in [1.54, 1.807) is 0 Å². The van der Waals surface area contributed by atoms with Crippen molar-refractivity contribution in [1.29, 1.82) is 0 Å². The van der Waals surface area contributed by atoms with E-state index in [2.05, 4.69) is 148 Å². The van der Waals surface area contributed by atoms with Gasteiger partial charge in [-0.15, -0.1) is 0 Å². The lowest BCUT2D eigenvalue weighted by molar-refractivity contribution is -0.166. The fourth-order valence-electron chi connectivity index (χ4n) is 9.50. The van der Waals surface area contributed by atoms with Gasteiger partial charge in [-0.3, -0.25) is 14.4 Å². The number of allylic oxidation sites excluding steroid dienone is 22. The molecular formula is C77H128O6. The van der Waals surface area contributed by atoms with Gasteiger partial charge in [0.2, 0.25) is 0 Å². The van der Waals surface area contributed by atoms with Crippen LogP contribution in [-0.4, -0.2) is 37.2 Å². The third-order valence-electron chi connectivity index (χ3n) is 14.6. The Kier molecular flexibility index (Phi) is 66.3. The third-order valence-corrected chi connectivity index (χ3v) is 14.6. The summed E-state index contributed by atoms with van der Waals surface area (Å²) >= 11 is 0. The molecule has 0 rings (SSSR count). The van der Waals surface area contributed by atoms with Gasteiger partial charge in [-0.1, -0.05) is 315 Å². The van der Waals surface area contributed by atoms with Gasteiger partial charge in [-0.2, -0.15) is 0 Å². The van der Waals surface area contributed by atoms with Crippen LogP contribution >= 0.6 is 0 Å². The normalized spacial score (nSPS) is 13.0. The molecule has 0 aromatic rings. The standard InChI is InChI=1S/C77H128O6/c1-4-7-10-13-16-19-22-24-26-28-30-31-32-33-34-35-36-37-38-39-40-41-42-43-44-45-47-48-50-52-55-58-61-64-67-70-76(79)82-73-74(72-81-75(78)69-66-63-60-57-54-21-18-15-12-9-6-3)83-77(80)71-68-65-62-59-56-53-51-49-46-29-27-25-23-20-17-14-11-8-5-2/h7-8,10-11,15-20,24-27,30-31,46,49,53,56,62,65,74H,4-6,9,12-14,21-23,28-29,32-45,47-48,50-52,54-55,57-61,63-64,66-73H2,1-3H3/b10-7-,11-8-,18-15-,19-16-,20-17-,26-24-,27-25-,31-30-,49-46-,56-53-,65-62-.